The average molecular weight is 277 g/mol. The topological polar surface area (TPSA) is 83.5 Å². The van der Waals surface area contributed by atoms with E-state index in [1.807, 2.05) is 6.92 Å². The van der Waals surface area contributed by atoms with E-state index < -0.39 is 21.4 Å². The number of carbonyl (C=O) groups is 1. The standard InChI is InChI=1S/C12H23NO4S/c1-2-3-9-18(16,17)13-10-12(11(14)15)7-5-4-6-8-12/h13H,2-10H2,1H3,(H,14,15). The Morgan fingerprint density at radius 3 is 2.39 bits per heavy atom. The van der Waals surface area contributed by atoms with Gasteiger partial charge in [0.05, 0.1) is 11.2 Å². The molecule has 0 aromatic heterocycles. The minimum absolute atomic E-state index is 0.0361. The van der Waals surface area contributed by atoms with Crippen molar-refractivity contribution >= 4 is 16.0 Å². The van der Waals surface area contributed by atoms with Crippen LogP contribution in [0.5, 0.6) is 0 Å². The van der Waals surface area contributed by atoms with Gasteiger partial charge in [0.15, 0.2) is 0 Å². The van der Waals surface area contributed by atoms with Crippen LogP contribution in [0.3, 0.4) is 0 Å². The molecule has 0 atom stereocenters. The Balaban J connectivity index is 2.60. The summed E-state index contributed by atoms with van der Waals surface area (Å²) in [6, 6.07) is 0. The van der Waals surface area contributed by atoms with Gasteiger partial charge in [-0.05, 0) is 19.3 Å². The molecule has 0 aromatic rings. The lowest BCUT2D eigenvalue weighted by atomic mass is 9.74. The van der Waals surface area contributed by atoms with Gasteiger partial charge in [0.25, 0.3) is 0 Å². The summed E-state index contributed by atoms with van der Waals surface area (Å²) < 4.78 is 25.9. The fourth-order valence-electron chi connectivity index (χ4n) is 2.35. The molecule has 0 aromatic carbocycles. The van der Waals surface area contributed by atoms with Crippen molar-refractivity contribution in [2.75, 3.05) is 12.3 Å². The van der Waals surface area contributed by atoms with Crippen LogP contribution in [-0.2, 0) is 14.8 Å². The maximum atomic E-state index is 11.7. The van der Waals surface area contributed by atoms with E-state index in [9.17, 15) is 18.3 Å². The molecular formula is C12H23NO4S. The van der Waals surface area contributed by atoms with Crippen molar-refractivity contribution in [2.45, 2.75) is 51.9 Å². The van der Waals surface area contributed by atoms with Crippen molar-refractivity contribution < 1.29 is 18.3 Å². The summed E-state index contributed by atoms with van der Waals surface area (Å²) in [5.41, 5.74) is -0.891. The molecule has 2 N–H and O–H groups in total. The van der Waals surface area contributed by atoms with Gasteiger partial charge in [-0.25, -0.2) is 13.1 Å². The summed E-state index contributed by atoms with van der Waals surface area (Å²) >= 11 is 0. The van der Waals surface area contributed by atoms with Crippen LogP contribution < -0.4 is 4.72 Å². The molecule has 1 saturated carbocycles. The smallest absolute Gasteiger partial charge is 0.310 e. The predicted octanol–water partition coefficient (Wildman–Crippen LogP) is 1.74. The van der Waals surface area contributed by atoms with Gasteiger partial charge in [0.2, 0.25) is 10.0 Å². The van der Waals surface area contributed by atoms with E-state index in [2.05, 4.69) is 4.72 Å². The van der Waals surface area contributed by atoms with Crippen molar-refractivity contribution in [3.05, 3.63) is 0 Å². The Morgan fingerprint density at radius 1 is 1.28 bits per heavy atom. The maximum absolute atomic E-state index is 11.7. The highest BCUT2D eigenvalue weighted by Gasteiger charge is 2.40. The van der Waals surface area contributed by atoms with Gasteiger partial charge in [0, 0.05) is 6.54 Å². The van der Waals surface area contributed by atoms with E-state index >= 15 is 0 Å². The van der Waals surface area contributed by atoms with Crippen LogP contribution in [0.25, 0.3) is 0 Å². The van der Waals surface area contributed by atoms with Crippen LogP contribution in [0.2, 0.25) is 0 Å². The van der Waals surface area contributed by atoms with Gasteiger partial charge < -0.3 is 5.11 Å². The fraction of sp³-hybridized carbons (Fsp3) is 0.917. The third kappa shape index (κ3) is 4.24. The Kier molecular flexibility index (Phi) is 5.59. The van der Waals surface area contributed by atoms with Crippen molar-refractivity contribution in [2.24, 2.45) is 5.41 Å². The lowest BCUT2D eigenvalue weighted by Gasteiger charge is -2.33. The molecule has 1 fully saturated rings. The number of aliphatic carboxylic acids is 1. The fourth-order valence-corrected chi connectivity index (χ4v) is 3.66. The normalized spacial score (nSPS) is 19.6. The molecule has 0 aliphatic heterocycles. The molecule has 0 bridgehead atoms. The van der Waals surface area contributed by atoms with Crippen molar-refractivity contribution in [1.29, 1.82) is 0 Å². The molecular weight excluding hydrogens is 254 g/mol. The van der Waals surface area contributed by atoms with E-state index in [4.69, 9.17) is 0 Å². The highest BCUT2D eigenvalue weighted by atomic mass is 32.2. The lowest BCUT2D eigenvalue weighted by molar-refractivity contribution is -0.150. The second-order valence-corrected chi connectivity index (χ2v) is 7.07. The highest BCUT2D eigenvalue weighted by molar-refractivity contribution is 7.89. The van der Waals surface area contributed by atoms with Crippen LogP contribution in [0.15, 0.2) is 0 Å². The quantitative estimate of drug-likeness (QED) is 0.742. The van der Waals surface area contributed by atoms with Crippen LogP contribution >= 0.6 is 0 Å². The van der Waals surface area contributed by atoms with Gasteiger partial charge >= 0.3 is 5.97 Å². The summed E-state index contributed by atoms with van der Waals surface area (Å²) in [5, 5.41) is 9.33. The Labute approximate surface area is 109 Å². The zero-order valence-electron chi connectivity index (χ0n) is 10.9. The first-order chi connectivity index (χ1) is 8.42. The summed E-state index contributed by atoms with van der Waals surface area (Å²) in [4.78, 5) is 11.4. The first kappa shape index (κ1) is 15.4. The molecule has 106 valence electrons. The minimum atomic E-state index is -3.33. The average Bonchev–Trinajstić information content (AvgIpc) is 2.35. The first-order valence-corrected chi connectivity index (χ1v) is 8.28. The number of carboxylic acid groups (broad SMARTS) is 1. The van der Waals surface area contributed by atoms with Gasteiger partial charge in [-0.15, -0.1) is 0 Å². The Morgan fingerprint density at radius 2 is 1.89 bits per heavy atom. The predicted molar refractivity (Wildman–Crippen MR) is 69.9 cm³/mol. The number of hydrogen-bond donors (Lipinski definition) is 2. The third-order valence-corrected chi connectivity index (χ3v) is 5.07. The first-order valence-electron chi connectivity index (χ1n) is 6.63. The maximum Gasteiger partial charge on any atom is 0.310 e. The summed E-state index contributed by atoms with van der Waals surface area (Å²) in [6.45, 7) is 1.96. The molecule has 1 aliphatic rings. The molecule has 5 nitrogen and oxygen atoms in total. The van der Waals surface area contributed by atoms with E-state index in [1.165, 1.54) is 0 Å². The molecule has 1 aliphatic carbocycles. The van der Waals surface area contributed by atoms with E-state index in [0.29, 0.717) is 19.3 Å². The van der Waals surface area contributed by atoms with Gasteiger partial charge in [-0.2, -0.15) is 0 Å². The highest BCUT2D eigenvalue weighted by Crippen LogP contribution is 2.36. The largest absolute Gasteiger partial charge is 0.481 e. The number of rotatable bonds is 7. The van der Waals surface area contributed by atoms with E-state index in [-0.39, 0.29) is 12.3 Å². The number of hydrogen-bond acceptors (Lipinski definition) is 3. The van der Waals surface area contributed by atoms with Crippen LogP contribution in [0.4, 0.5) is 0 Å². The molecule has 0 heterocycles. The second-order valence-electron chi connectivity index (χ2n) is 5.14. The number of unbranched alkanes of at least 4 members (excludes halogenated alkanes) is 1. The molecule has 1 rings (SSSR count). The molecule has 18 heavy (non-hydrogen) atoms. The minimum Gasteiger partial charge on any atom is -0.481 e. The Hall–Kier alpha value is -0.620. The van der Waals surface area contributed by atoms with Crippen molar-refractivity contribution in [3.8, 4) is 0 Å². The molecule has 0 saturated heterocycles. The van der Waals surface area contributed by atoms with Gasteiger partial charge in [-0.3, -0.25) is 4.79 Å². The summed E-state index contributed by atoms with van der Waals surface area (Å²) in [5.74, 6) is -0.792. The van der Waals surface area contributed by atoms with E-state index in [0.717, 1.165) is 25.7 Å². The van der Waals surface area contributed by atoms with Crippen LogP contribution in [0, 0.1) is 5.41 Å². The lowest BCUT2D eigenvalue weighted by Crippen LogP contribution is -2.44. The van der Waals surface area contributed by atoms with Gasteiger partial charge in [-0.1, -0.05) is 32.6 Å². The molecule has 0 spiro atoms. The zero-order chi connectivity index (χ0) is 13.6. The second kappa shape index (κ2) is 6.52. The summed E-state index contributed by atoms with van der Waals surface area (Å²) in [7, 11) is -3.33. The number of nitrogens with one attached hydrogen (secondary N) is 1. The monoisotopic (exact) mass is 277 g/mol. The van der Waals surface area contributed by atoms with Crippen molar-refractivity contribution in [3.63, 3.8) is 0 Å². The molecule has 0 unspecified atom stereocenters. The van der Waals surface area contributed by atoms with Crippen LogP contribution in [-0.4, -0.2) is 31.8 Å². The summed E-state index contributed by atoms with van der Waals surface area (Å²) in [6.07, 6.45) is 5.32. The third-order valence-electron chi connectivity index (χ3n) is 3.66. The van der Waals surface area contributed by atoms with E-state index in [1.54, 1.807) is 0 Å². The number of sulfonamides is 1. The number of carboxylic acids is 1. The SMILES string of the molecule is CCCCS(=O)(=O)NCC1(C(=O)O)CCCCC1. The van der Waals surface area contributed by atoms with Crippen LogP contribution in [0.1, 0.15) is 51.9 Å². The Bertz CT molecular complexity index is 372. The zero-order valence-corrected chi connectivity index (χ0v) is 11.8. The van der Waals surface area contributed by atoms with Crippen molar-refractivity contribution in [1.82, 2.24) is 4.72 Å². The van der Waals surface area contributed by atoms with Gasteiger partial charge in [0.1, 0.15) is 0 Å². The molecule has 6 heteroatoms. The molecule has 0 amide bonds. The molecule has 0 radical (unpaired) electrons.